The van der Waals surface area contributed by atoms with Crippen LogP contribution < -0.4 is 0 Å². The monoisotopic (exact) mass is 420 g/mol. The van der Waals surface area contributed by atoms with Gasteiger partial charge < -0.3 is 9.13 Å². The van der Waals surface area contributed by atoms with E-state index in [4.69, 9.17) is 15.0 Å². The molecule has 2 aromatic carbocycles. The summed E-state index contributed by atoms with van der Waals surface area (Å²) >= 11 is 0. The van der Waals surface area contributed by atoms with E-state index in [1.807, 2.05) is 47.9 Å². The summed E-state index contributed by atoms with van der Waals surface area (Å²) in [5, 5.41) is 9.46. The Hall–Kier alpha value is -3.98. The summed E-state index contributed by atoms with van der Waals surface area (Å²) in [4.78, 5) is 14.5. The van der Waals surface area contributed by atoms with E-state index in [1.165, 1.54) is 0 Å². The topological polar surface area (TPSA) is 72.3 Å². The van der Waals surface area contributed by atoms with Crippen molar-refractivity contribution in [3.8, 4) is 17.5 Å². The molecule has 0 N–H and O–H groups in total. The zero-order chi connectivity index (χ0) is 22.2. The minimum Gasteiger partial charge on any atom is -0.310 e. The fourth-order valence-corrected chi connectivity index (χ4v) is 4.37. The Bertz CT molecular complexity index is 1480. The van der Waals surface area contributed by atoms with Crippen LogP contribution in [0, 0.1) is 25.2 Å². The molecule has 0 bridgehead atoms. The third-order valence-corrected chi connectivity index (χ3v) is 5.83. The highest BCUT2D eigenvalue weighted by Gasteiger charge is 2.16. The third kappa shape index (κ3) is 3.32. The molecule has 0 saturated carbocycles. The fourth-order valence-electron chi connectivity index (χ4n) is 4.37. The first-order chi connectivity index (χ1) is 15.6. The van der Waals surface area contributed by atoms with Crippen LogP contribution in [0.4, 0.5) is 0 Å². The number of aryl methyl sites for hydroxylation is 3. The second kappa shape index (κ2) is 7.93. The Balaban J connectivity index is 1.64. The number of benzene rings is 2. The summed E-state index contributed by atoms with van der Waals surface area (Å²) in [5.41, 5.74) is 8.02. The average Bonchev–Trinajstić information content (AvgIpc) is 3.33. The van der Waals surface area contributed by atoms with Gasteiger partial charge >= 0.3 is 0 Å². The van der Waals surface area contributed by atoms with Gasteiger partial charge in [-0.15, -0.1) is 0 Å². The molecular formula is C26H24N6. The Morgan fingerprint density at radius 3 is 2.50 bits per heavy atom. The first-order valence-electron chi connectivity index (χ1n) is 10.8. The van der Waals surface area contributed by atoms with Crippen LogP contribution in [0.15, 0.2) is 54.6 Å². The van der Waals surface area contributed by atoms with Crippen molar-refractivity contribution in [2.75, 3.05) is 0 Å². The Morgan fingerprint density at radius 1 is 0.938 bits per heavy atom. The molecule has 3 aromatic heterocycles. The van der Waals surface area contributed by atoms with Crippen LogP contribution in [-0.4, -0.2) is 24.1 Å². The molecule has 3 heterocycles. The smallest absolute Gasteiger partial charge is 0.160 e. The first-order valence-corrected chi connectivity index (χ1v) is 10.8. The molecular weight excluding hydrogens is 396 g/mol. The molecule has 0 saturated heterocycles. The van der Waals surface area contributed by atoms with E-state index in [2.05, 4.69) is 42.7 Å². The number of hydrogen-bond donors (Lipinski definition) is 0. The van der Waals surface area contributed by atoms with E-state index in [1.54, 1.807) is 0 Å². The summed E-state index contributed by atoms with van der Waals surface area (Å²) in [6.45, 7) is 7.15. The Morgan fingerprint density at radius 2 is 1.75 bits per heavy atom. The van der Waals surface area contributed by atoms with Crippen LogP contribution in [0.5, 0.6) is 0 Å². The predicted molar refractivity (Wildman–Crippen MR) is 126 cm³/mol. The highest BCUT2D eigenvalue weighted by Crippen LogP contribution is 2.27. The fraction of sp³-hybridized carbons (Fsp3) is 0.231. The molecule has 32 heavy (non-hydrogen) atoms. The molecule has 5 aromatic rings. The zero-order valence-corrected chi connectivity index (χ0v) is 18.5. The van der Waals surface area contributed by atoms with Gasteiger partial charge in [0.25, 0.3) is 0 Å². The normalized spacial score (nSPS) is 11.3. The third-order valence-electron chi connectivity index (χ3n) is 5.83. The van der Waals surface area contributed by atoms with Crippen LogP contribution in [0.25, 0.3) is 33.6 Å². The molecule has 158 valence electrons. The largest absolute Gasteiger partial charge is 0.310 e. The second-order valence-corrected chi connectivity index (χ2v) is 8.09. The van der Waals surface area contributed by atoms with Gasteiger partial charge in [0.05, 0.1) is 23.6 Å². The number of fused-ring (bicyclic) bond motifs is 2. The van der Waals surface area contributed by atoms with E-state index in [9.17, 15) is 5.26 Å². The minimum absolute atomic E-state index is 0.248. The van der Waals surface area contributed by atoms with Gasteiger partial charge in [-0.1, -0.05) is 43.3 Å². The molecule has 0 aliphatic rings. The number of nitrogens with zero attached hydrogens (tertiary/aromatic N) is 6. The molecule has 5 rings (SSSR count). The van der Waals surface area contributed by atoms with Crippen LogP contribution >= 0.6 is 0 Å². The summed E-state index contributed by atoms with van der Waals surface area (Å²) < 4.78 is 4.20. The molecule has 0 unspecified atom stereocenters. The van der Waals surface area contributed by atoms with Crippen molar-refractivity contribution >= 4 is 22.2 Å². The molecule has 0 atom stereocenters. The van der Waals surface area contributed by atoms with Crippen molar-refractivity contribution in [2.45, 2.75) is 40.3 Å². The van der Waals surface area contributed by atoms with Gasteiger partial charge in [-0.05, 0) is 43.2 Å². The molecule has 0 aliphatic carbocycles. The number of imidazole rings is 2. The van der Waals surface area contributed by atoms with Crippen molar-refractivity contribution in [1.82, 2.24) is 24.1 Å². The molecule has 0 aliphatic heterocycles. The van der Waals surface area contributed by atoms with E-state index in [0.29, 0.717) is 6.54 Å². The molecule has 0 fully saturated rings. The van der Waals surface area contributed by atoms with Crippen molar-refractivity contribution < 1.29 is 0 Å². The quantitative estimate of drug-likeness (QED) is 0.392. The summed E-state index contributed by atoms with van der Waals surface area (Å²) in [6, 6.07) is 20.7. The summed E-state index contributed by atoms with van der Waals surface area (Å²) in [6.07, 6.45) is 0.835. The molecule has 6 nitrogen and oxygen atoms in total. The molecule has 6 heteroatoms. The van der Waals surface area contributed by atoms with Crippen LogP contribution in [0.3, 0.4) is 0 Å². The van der Waals surface area contributed by atoms with Crippen molar-refractivity contribution in [3.05, 3.63) is 77.2 Å². The lowest BCUT2D eigenvalue weighted by Gasteiger charge is -2.10. The van der Waals surface area contributed by atoms with Gasteiger partial charge in [0.2, 0.25) is 0 Å². The van der Waals surface area contributed by atoms with Gasteiger partial charge in [-0.2, -0.15) is 5.26 Å². The predicted octanol–water partition coefficient (Wildman–Crippen LogP) is 5.20. The number of hydrogen-bond acceptors (Lipinski definition) is 4. The lowest BCUT2D eigenvalue weighted by atomic mass is 10.2. The minimum atomic E-state index is 0.248. The molecule has 0 spiro atoms. The highest BCUT2D eigenvalue weighted by molar-refractivity contribution is 5.82. The second-order valence-electron chi connectivity index (χ2n) is 8.09. The van der Waals surface area contributed by atoms with Crippen LogP contribution in [0.1, 0.15) is 29.6 Å². The van der Waals surface area contributed by atoms with Crippen molar-refractivity contribution in [3.63, 3.8) is 0 Å². The first kappa shape index (κ1) is 20.0. The van der Waals surface area contributed by atoms with Gasteiger partial charge in [-0.25, -0.2) is 15.0 Å². The maximum atomic E-state index is 9.46. The van der Waals surface area contributed by atoms with Gasteiger partial charge in [0, 0.05) is 17.7 Å². The zero-order valence-electron chi connectivity index (χ0n) is 18.5. The van der Waals surface area contributed by atoms with Gasteiger partial charge in [-0.3, -0.25) is 0 Å². The lowest BCUT2D eigenvalue weighted by molar-refractivity contribution is 0.745. The van der Waals surface area contributed by atoms with E-state index < -0.39 is 0 Å². The number of pyridine rings is 1. The number of aromatic nitrogens is 5. The maximum absolute atomic E-state index is 9.46. The number of nitriles is 1. The molecule has 0 radical (unpaired) electrons. The highest BCUT2D eigenvalue weighted by atomic mass is 15.1. The van der Waals surface area contributed by atoms with Crippen molar-refractivity contribution in [1.29, 1.82) is 5.26 Å². The Kier molecular flexibility index (Phi) is 4.95. The Labute approximate surface area is 186 Å². The van der Waals surface area contributed by atoms with E-state index >= 15 is 0 Å². The SMILES string of the molecule is CCc1nc2c(C)cc(C)nc2n1Cc1ccc2nc(-c3ccccc3)n(CC#N)c2c1. The maximum Gasteiger partial charge on any atom is 0.160 e. The summed E-state index contributed by atoms with van der Waals surface area (Å²) in [5.74, 6) is 1.84. The van der Waals surface area contributed by atoms with Crippen LogP contribution in [-0.2, 0) is 19.5 Å². The van der Waals surface area contributed by atoms with Gasteiger partial charge in [0.15, 0.2) is 5.65 Å². The summed E-state index contributed by atoms with van der Waals surface area (Å²) in [7, 11) is 0. The van der Waals surface area contributed by atoms with Crippen molar-refractivity contribution in [2.24, 2.45) is 0 Å². The standard InChI is InChI=1S/C26H24N6/c1-4-23-30-24-17(2)14-18(3)28-26(24)32(23)16-19-10-11-21-22(15-19)31(13-12-27)25(29-21)20-8-6-5-7-9-20/h5-11,14-15H,4,13,16H2,1-3H3. The average molecular weight is 421 g/mol. The lowest BCUT2D eigenvalue weighted by Crippen LogP contribution is -2.06. The van der Waals surface area contributed by atoms with Crippen LogP contribution in [0.2, 0.25) is 0 Å². The molecule has 0 amide bonds. The van der Waals surface area contributed by atoms with Gasteiger partial charge in [0.1, 0.15) is 23.7 Å². The number of rotatable bonds is 5. The van der Waals surface area contributed by atoms with E-state index in [0.717, 1.165) is 62.7 Å². The van der Waals surface area contributed by atoms with E-state index in [-0.39, 0.29) is 6.54 Å².